The lowest BCUT2D eigenvalue weighted by atomic mass is 10.1. The molecule has 0 aliphatic carbocycles. The average Bonchev–Trinajstić information content (AvgIpc) is 2.11. The summed E-state index contributed by atoms with van der Waals surface area (Å²) in [6.45, 7) is 10.3. The van der Waals surface area contributed by atoms with Crippen LogP contribution in [-0.2, 0) is 0 Å². The second kappa shape index (κ2) is 4.42. The Bertz CT molecular complexity index is 342. The Morgan fingerprint density at radius 1 is 1.20 bits per heavy atom. The quantitative estimate of drug-likeness (QED) is 0.608. The molecule has 0 aliphatic rings. The zero-order valence-corrected chi connectivity index (χ0v) is 10.8. The van der Waals surface area contributed by atoms with E-state index in [0.717, 1.165) is 5.69 Å². The van der Waals surface area contributed by atoms with Crippen LogP contribution in [0.5, 0.6) is 0 Å². The number of rotatable bonds is 2. The molecule has 1 rings (SSSR count). The lowest BCUT2D eigenvalue weighted by Crippen LogP contribution is -2.38. The number of anilines is 1. The number of nitrogens with zero attached hydrogens (tertiary/aromatic N) is 1. The Morgan fingerprint density at radius 3 is 2.33 bits per heavy atom. The number of halogens is 1. The van der Waals surface area contributed by atoms with Gasteiger partial charge in [0.2, 0.25) is 0 Å². The van der Waals surface area contributed by atoms with Gasteiger partial charge in [0.15, 0.2) is 0 Å². The number of hydrazine groups is 1. The van der Waals surface area contributed by atoms with Gasteiger partial charge >= 0.3 is 0 Å². The highest BCUT2D eigenvalue weighted by Gasteiger charge is 2.19. The van der Waals surface area contributed by atoms with Crippen LogP contribution >= 0.6 is 11.8 Å². The molecule has 0 bridgehead atoms. The normalized spacial score (nSPS) is 11.9. The first-order valence-corrected chi connectivity index (χ1v) is 5.45. The maximum atomic E-state index is 6.14. The Hall–Kier alpha value is -0.730. The highest BCUT2D eigenvalue weighted by Crippen LogP contribution is 2.23. The molecule has 15 heavy (non-hydrogen) atoms. The minimum atomic E-state index is -0.113. The molecule has 0 amide bonds. The van der Waals surface area contributed by atoms with E-state index in [2.05, 4.69) is 46.1 Å². The predicted molar refractivity (Wildman–Crippen MR) is 67.0 cm³/mol. The Kier molecular flexibility index (Phi) is 3.63. The van der Waals surface area contributed by atoms with Crippen LogP contribution in [0.25, 0.3) is 0 Å². The molecule has 1 N–H and O–H groups in total. The van der Waals surface area contributed by atoms with Gasteiger partial charge in [0.05, 0.1) is 5.69 Å². The Balaban J connectivity index is 2.86. The molecule has 0 atom stereocenters. The van der Waals surface area contributed by atoms with Crippen LogP contribution in [0.15, 0.2) is 18.2 Å². The molecule has 84 valence electrons. The van der Waals surface area contributed by atoms with E-state index in [1.807, 2.05) is 12.1 Å². The number of hydrogen-bond acceptors (Lipinski definition) is 2. The van der Waals surface area contributed by atoms with Crippen molar-refractivity contribution in [2.24, 2.45) is 0 Å². The maximum absolute atomic E-state index is 6.14. The lowest BCUT2D eigenvalue weighted by Gasteiger charge is -2.30. The topological polar surface area (TPSA) is 15.3 Å². The maximum Gasteiger partial charge on any atom is 0.0534 e. The fraction of sp³-hybridized carbons (Fsp3) is 0.500. The molecule has 1 aromatic rings. The first kappa shape index (κ1) is 12.3. The van der Waals surface area contributed by atoms with Gasteiger partial charge in [-0.05, 0) is 51.8 Å². The summed E-state index contributed by atoms with van der Waals surface area (Å²) in [7, 11) is 0. The van der Waals surface area contributed by atoms with Crippen LogP contribution in [0.2, 0.25) is 0 Å². The van der Waals surface area contributed by atoms with Crippen LogP contribution in [0.1, 0.15) is 31.9 Å². The second-order valence-corrected chi connectivity index (χ2v) is 5.15. The van der Waals surface area contributed by atoms with Gasteiger partial charge in [0.1, 0.15) is 0 Å². The number of aryl methyl sites for hydroxylation is 1. The predicted octanol–water partition coefficient (Wildman–Crippen LogP) is 3.88. The second-order valence-electron chi connectivity index (χ2n) is 4.81. The fourth-order valence-corrected chi connectivity index (χ4v) is 1.24. The summed E-state index contributed by atoms with van der Waals surface area (Å²) in [6.07, 6.45) is 0. The Morgan fingerprint density at radius 2 is 1.80 bits per heavy atom. The Labute approximate surface area is 97.3 Å². The van der Waals surface area contributed by atoms with Gasteiger partial charge in [-0.15, -0.1) is 4.53 Å². The summed E-state index contributed by atoms with van der Waals surface area (Å²) in [5.74, 6) is 0. The van der Waals surface area contributed by atoms with Gasteiger partial charge in [-0.3, -0.25) is 0 Å². The third kappa shape index (κ3) is 3.11. The summed E-state index contributed by atoms with van der Waals surface area (Å²) in [4.78, 5) is 0. The standard InChI is InChI=1S/C12H19ClN2/c1-9-7-6-8-11(10(9)2)14-15(13)12(3,4)5/h6-8,14H,1-5H3. The summed E-state index contributed by atoms with van der Waals surface area (Å²) < 4.78 is 1.61. The van der Waals surface area contributed by atoms with Crippen molar-refractivity contribution in [3.05, 3.63) is 29.3 Å². The number of benzene rings is 1. The summed E-state index contributed by atoms with van der Waals surface area (Å²) >= 11 is 6.14. The van der Waals surface area contributed by atoms with Crippen molar-refractivity contribution in [2.45, 2.75) is 40.2 Å². The van der Waals surface area contributed by atoms with E-state index in [1.165, 1.54) is 11.1 Å². The fourth-order valence-electron chi connectivity index (χ4n) is 1.15. The zero-order valence-electron chi connectivity index (χ0n) is 10.1. The van der Waals surface area contributed by atoms with Crippen LogP contribution in [0, 0.1) is 13.8 Å². The van der Waals surface area contributed by atoms with Gasteiger partial charge in [-0.25, -0.2) is 0 Å². The van der Waals surface area contributed by atoms with Crippen LogP contribution in [0.4, 0.5) is 5.69 Å². The van der Waals surface area contributed by atoms with Gasteiger partial charge in [-0.2, -0.15) is 0 Å². The van der Waals surface area contributed by atoms with Crippen molar-refractivity contribution in [1.82, 2.24) is 4.53 Å². The van der Waals surface area contributed by atoms with Crippen molar-refractivity contribution in [3.8, 4) is 0 Å². The third-order valence-corrected chi connectivity index (χ3v) is 3.00. The van der Waals surface area contributed by atoms with E-state index in [-0.39, 0.29) is 5.54 Å². The smallest absolute Gasteiger partial charge is 0.0534 e. The molecule has 0 radical (unpaired) electrons. The molecule has 0 aliphatic heterocycles. The van der Waals surface area contributed by atoms with Crippen LogP contribution < -0.4 is 5.43 Å². The molecule has 0 unspecified atom stereocenters. The highest BCUT2D eigenvalue weighted by molar-refractivity contribution is 6.14. The number of nitrogens with one attached hydrogen (secondary N) is 1. The first-order chi connectivity index (χ1) is 6.82. The average molecular weight is 227 g/mol. The van der Waals surface area contributed by atoms with E-state index in [9.17, 15) is 0 Å². The molecule has 0 spiro atoms. The minimum absolute atomic E-state index is 0.113. The molecular formula is C12H19ClN2. The molecule has 0 heterocycles. The molecule has 0 saturated carbocycles. The van der Waals surface area contributed by atoms with E-state index in [4.69, 9.17) is 11.8 Å². The van der Waals surface area contributed by atoms with Gasteiger partial charge in [0.25, 0.3) is 0 Å². The molecule has 1 aromatic carbocycles. The summed E-state index contributed by atoms with van der Waals surface area (Å²) in [5, 5.41) is 0. The largest absolute Gasteiger partial charge is 0.304 e. The van der Waals surface area contributed by atoms with Gasteiger partial charge in [0, 0.05) is 17.3 Å². The monoisotopic (exact) mass is 226 g/mol. The van der Waals surface area contributed by atoms with E-state index < -0.39 is 0 Å². The van der Waals surface area contributed by atoms with Crippen LogP contribution in [0.3, 0.4) is 0 Å². The minimum Gasteiger partial charge on any atom is -0.304 e. The van der Waals surface area contributed by atoms with Crippen molar-refractivity contribution < 1.29 is 0 Å². The van der Waals surface area contributed by atoms with Crippen molar-refractivity contribution in [1.29, 1.82) is 0 Å². The number of hydrogen-bond donors (Lipinski definition) is 1. The SMILES string of the molecule is Cc1cccc(NN(Cl)C(C)(C)C)c1C. The first-order valence-electron chi connectivity index (χ1n) is 5.11. The molecule has 3 heteroatoms. The van der Waals surface area contributed by atoms with E-state index >= 15 is 0 Å². The summed E-state index contributed by atoms with van der Waals surface area (Å²) in [6, 6.07) is 6.15. The molecule has 2 nitrogen and oxygen atoms in total. The lowest BCUT2D eigenvalue weighted by molar-refractivity contribution is 0.304. The van der Waals surface area contributed by atoms with Crippen molar-refractivity contribution >= 4 is 17.5 Å². The molecule has 0 saturated heterocycles. The van der Waals surface area contributed by atoms with Gasteiger partial charge in [-0.1, -0.05) is 12.1 Å². The van der Waals surface area contributed by atoms with E-state index in [1.54, 1.807) is 4.53 Å². The zero-order chi connectivity index (χ0) is 11.6. The third-order valence-electron chi connectivity index (χ3n) is 2.41. The summed E-state index contributed by atoms with van der Waals surface area (Å²) in [5.41, 5.74) is 6.62. The molecular weight excluding hydrogens is 208 g/mol. The van der Waals surface area contributed by atoms with Crippen molar-refractivity contribution in [2.75, 3.05) is 5.43 Å². The van der Waals surface area contributed by atoms with Crippen molar-refractivity contribution in [3.63, 3.8) is 0 Å². The van der Waals surface area contributed by atoms with E-state index in [0.29, 0.717) is 0 Å². The highest BCUT2D eigenvalue weighted by atomic mass is 35.5. The molecule has 0 aromatic heterocycles. The van der Waals surface area contributed by atoms with Gasteiger partial charge < -0.3 is 5.43 Å². The molecule has 0 fully saturated rings. The van der Waals surface area contributed by atoms with Crippen LogP contribution in [-0.4, -0.2) is 10.1 Å².